The van der Waals surface area contributed by atoms with Gasteiger partial charge in [0.15, 0.2) is 17.3 Å². The second-order valence-corrected chi connectivity index (χ2v) is 6.46. The highest BCUT2D eigenvalue weighted by atomic mass is 32.2. The van der Waals surface area contributed by atoms with E-state index in [1.165, 1.54) is 25.8 Å². The lowest BCUT2D eigenvalue weighted by Crippen LogP contribution is -2.10. The number of hydrogen-bond acceptors (Lipinski definition) is 7. The summed E-state index contributed by atoms with van der Waals surface area (Å²) in [4.78, 5) is 27.1. The molecule has 24 heavy (non-hydrogen) atoms. The number of methoxy groups -OCH3 is 1. The van der Waals surface area contributed by atoms with Crippen molar-refractivity contribution in [3.8, 4) is 22.9 Å². The maximum atomic E-state index is 11.8. The van der Waals surface area contributed by atoms with E-state index in [-0.39, 0.29) is 17.7 Å². The molecule has 1 aliphatic carbocycles. The predicted molar refractivity (Wildman–Crippen MR) is 88.1 cm³/mol. The van der Waals surface area contributed by atoms with Gasteiger partial charge in [0, 0.05) is 5.56 Å². The Morgan fingerprint density at radius 1 is 1.33 bits per heavy atom. The fraction of sp³-hybridized carbons (Fsp3) is 0.375. The van der Waals surface area contributed by atoms with Crippen LogP contribution in [0, 0.1) is 5.92 Å². The zero-order valence-corrected chi connectivity index (χ0v) is 14.2. The van der Waals surface area contributed by atoms with Crippen molar-refractivity contribution in [2.45, 2.75) is 24.9 Å². The molecule has 7 nitrogen and oxygen atoms in total. The number of nitrogens with one attached hydrogen (secondary N) is 1. The third kappa shape index (κ3) is 3.94. The maximum absolute atomic E-state index is 11.8. The normalized spacial score (nSPS) is 13.6. The smallest absolute Gasteiger partial charge is 0.314 e. The third-order valence-electron chi connectivity index (χ3n) is 3.43. The van der Waals surface area contributed by atoms with E-state index in [4.69, 9.17) is 9.47 Å². The number of Topliss-reactive ketones (excluding diaryl/α,β-unsaturated/α-hetero) is 1. The average molecular weight is 347 g/mol. The molecular formula is C16H17N3O4S. The monoisotopic (exact) mass is 347 g/mol. The number of ether oxygens (including phenoxy) is 2. The number of nitrogens with zero attached hydrogens (tertiary/aromatic N) is 2. The highest BCUT2D eigenvalue weighted by Gasteiger charge is 2.32. The molecule has 0 radical (unpaired) electrons. The Morgan fingerprint density at radius 3 is 2.79 bits per heavy atom. The first-order valence-electron chi connectivity index (χ1n) is 7.51. The van der Waals surface area contributed by atoms with Gasteiger partial charge >= 0.3 is 5.97 Å². The van der Waals surface area contributed by atoms with Crippen LogP contribution in [0.3, 0.4) is 0 Å². The molecule has 0 amide bonds. The number of rotatable bonds is 7. The van der Waals surface area contributed by atoms with Gasteiger partial charge in [-0.15, -0.1) is 5.10 Å². The summed E-state index contributed by atoms with van der Waals surface area (Å²) in [6.45, 7) is 1.52. The quantitative estimate of drug-likeness (QED) is 0.467. The van der Waals surface area contributed by atoms with Crippen LogP contribution in [-0.2, 0) is 9.59 Å². The molecule has 1 heterocycles. The molecule has 0 aliphatic heterocycles. The molecule has 1 aliphatic rings. The molecule has 1 fully saturated rings. The number of aromatic nitrogens is 3. The molecule has 0 unspecified atom stereocenters. The van der Waals surface area contributed by atoms with Crippen LogP contribution in [0.4, 0.5) is 0 Å². The van der Waals surface area contributed by atoms with Gasteiger partial charge in [0.1, 0.15) is 5.78 Å². The van der Waals surface area contributed by atoms with Crippen LogP contribution in [0.15, 0.2) is 23.4 Å². The largest absolute Gasteiger partial charge is 0.493 e. The summed E-state index contributed by atoms with van der Waals surface area (Å²) in [5, 5.41) is 7.40. The number of esters is 1. The number of benzene rings is 1. The molecule has 0 spiro atoms. The van der Waals surface area contributed by atoms with Crippen molar-refractivity contribution < 1.29 is 19.1 Å². The van der Waals surface area contributed by atoms with Gasteiger partial charge in [-0.2, -0.15) is 0 Å². The fourth-order valence-corrected chi connectivity index (χ4v) is 2.61. The second kappa shape index (κ2) is 7.04. The minimum absolute atomic E-state index is 0.0181. The van der Waals surface area contributed by atoms with Gasteiger partial charge in [-0.1, -0.05) is 11.8 Å². The fourth-order valence-electron chi connectivity index (χ4n) is 2.02. The van der Waals surface area contributed by atoms with Crippen molar-refractivity contribution in [2.75, 3.05) is 12.9 Å². The van der Waals surface area contributed by atoms with Crippen molar-refractivity contribution in [1.82, 2.24) is 15.2 Å². The molecule has 0 atom stereocenters. The number of hydrogen-bond donors (Lipinski definition) is 1. The summed E-state index contributed by atoms with van der Waals surface area (Å²) in [6.07, 6.45) is 1.77. The van der Waals surface area contributed by atoms with Crippen LogP contribution >= 0.6 is 11.8 Å². The molecule has 2 aromatic rings. The van der Waals surface area contributed by atoms with Crippen molar-refractivity contribution in [2.24, 2.45) is 5.92 Å². The average Bonchev–Trinajstić information content (AvgIpc) is 3.32. The molecule has 0 bridgehead atoms. The minimum atomic E-state index is -0.219. The van der Waals surface area contributed by atoms with Gasteiger partial charge in [0.05, 0.1) is 18.8 Å². The first-order valence-corrected chi connectivity index (χ1v) is 8.50. The van der Waals surface area contributed by atoms with E-state index in [1.54, 1.807) is 18.2 Å². The van der Waals surface area contributed by atoms with Crippen LogP contribution in [0.25, 0.3) is 11.4 Å². The van der Waals surface area contributed by atoms with Crippen LogP contribution in [0.5, 0.6) is 11.5 Å². The number of H-pyrrole nitrogens is 1. The number of carbonyl (C=O) groups is 2. The van der Waals surface area contributed by atoms with Gasteiger partial charge < -0.3 is 9.47 Å². The van der Waals surface area contributed by atoms with Crippen LogP contribution in [0.2, 0.25) is 0 Å². The molecule has 3 rings (SSSR count). The van der Waals surface area contributed by atoms with E-state index < -0.39 is 0 Å². The highest BCUT2D eigenvalue weighted by molar-refractivity contribution is 7.99. The summed E-state index contributed by atoms with van der Waals surface area (Å²) in [5.41, 5.74) is 0.750. The summed E-state index contributed by atoms with van der Waals surface area (Å²) >= 11 is 1.27. The predicted octanol–water partition coefficient (Wildman–Crippen LogP) is 2.48. The molecule has 126 valence electrons. The first-order chi connectivity index (χ1) is 11.6. The lowest BCUT2D eigenvalue weighted by atomic mass is 10.2. The molecule has 1 aromatic carbocycles. The van der Waals surface area contributed by atoms with Gasteiger partial charge in [-0.3, -0.25) is 14.7 Å². The summed E-state index contributed by atoms with van der Waals surface area (Å²) in [7, 11) is 1.52. The maximum Gasteiger partial charge on any atom is 0.314 e. The topological polar surface area (TPSA) is 94.2 Å². The summed E-state index contributed by atoms with van der Waals surface area (Å²) in [5.74, 6) is 1.60. The van der Waals surface area contributed by atoms with Crippen LogP contribution in [-0.4, -0.2) is 39.8 Å². The molecular weight excluding hydrogens is 330 g/mol. The SMILES string of the molecule is COc1cc(-c2nc(SCC(C)=O)n[nH]2)ccc1OC(=O)C1CC1. The third-order valence-corrected chi connectivity index (χ3v) is 4.42. The van der Waals surface area contributed by atoms with Crippen molar-refractivity contribution in [3.05, 3.63) is 18.2 Å². The lowest BCUT2D eigenvalue weighted by molar-refractivity contribution is -0.135. The van der Waals surface area contributed by atoms with Crippen molar-refractivity contribution >= 4 is 23.5 Å². The van der Waals surface area contributed by atoms with E-state index >= 15 is 0 Å². The Labute approximate surface area is 143 Å². The minimum Gasteiger partial charge on any atom is -0.493 e. The Kier molecular flexibility index (Phi) is 4.84. The first kappa shape index (κ1) is 16.5. The van der Waals surface area contributed by atoms with Gasteiger partial charge in [0.25, 0.3) is 0 Å². The summed E-state index contributed by atoms with van der Waals surface area (Å²) < 4.78 is 10.7. The van der Waals surface area contributed by atoms with Gasteiger partial charge in [0.2, 0.25) is 5.16 Å². The van der Waals surface area contributed by atoms with Gasteiger partial charge in [-0.05, 0) is 38.0 Å². The molecule has 1 saturated carbocycles. The van der Waals surface area contributed by atoms with E-state index in [0.717, 1.165) is 18.4 Å². The number of carbonyl (C=O) groups excluding carboxylic acids is 2. The van der Waals surface area contributed by atoms with E-state index in [0.29, 0.717) is 28.2 Å². The standard InChI is InChI=1S/C16H17N3O4S/c1-9(20)8-24-16-17-14(18-19-16)11-5-6-12(13(7-11)22-2)23-15(21)10-3-4-10/h5-7,10H,3-4,8H2,1-2H3,(H,17,18,19). The lowest BCUT2D eigenvalue weighted by Gasteiger charge is -2.09. The van der Waals surface area contributed by atoms with Gasteiger partial charge in [-0.25, -0.2) is 4.98 Å². The van der Waals surface area contributed by atoms with Crippen molar-refractivity contribution in [1.29, 1.82) is 0 Å². The Hall–Kier alpha value is -2.35. The second-order valence-electron chi connectivity index (χ2n) is 5.52. The van der Waals surface area contributed by atoms with E-state index in [2.05, 4.69) is 15.2 Å². The molecule has 8 heteroatoms. The zero-order chi connectivity index (χ0) is 17.1. The molecule has 0 saturated heterocycles. The molecule has 1 N–H and O–H groups in total. The Balaban J connectivity index is 1.76. The number of ketones is 1. The number of aromatic amines is 1. The van der Waals surface area contributed by atoms with E-state index in [1.807, 2.05) is 0 Å². The molecule has 1 aromatic heterocycles. The van der Waals surface area contributed by atoms with Crippen LogP contribution < -0.4 is 9.47 Å². The Morgan fingerprint density at radius 2 is 2.12 bits per heavy atom. The zero-order valence-electron chi connectivity index (χ0n) is 13.4. The summed E-state index contributed by atoms with van der Waals surface area (Å²) in [6, 6.07) is 5.19. The Bertz CT molecular complexity index is 770. The van der Waals surface area contributed by atoms with E-state index in [9.17, 15) is 9.59 Å². The van der Waals surface area contributed by atoms with Crippen molar-refractivity contribution in [3.63, 3.8) is 0 Å². The number of thioether (sulfide) groups is 1. The highest BCUT2D eigenvalue weighted by Crippen LogP contribution is 2.35. The van der Waals surface area contributed by atoms with Crippen LogP contribution in [0.1, 0.15) is 19.8 Å².